The lowest BCUT2D eigenvalue weighted by Crippen LogP contribution is -2.44. The lowest BCUT2D eigenvalue weighted by atomic mass is 9.69. The number of amides is 1. The maximum Gasteiger partial charge on any atom is 0.416 e. The van der Waals surface area contributed by atoms with Crippen LogP contribution in [0.5, 0.6) is 5.75 Å². The van der Waals surface area contributed by atoms with Gasteiger partial charge in [0.05, 0.1) is 10.5 Å². The number of hydrogen-bond donors (Lipinski definition) is 1. The Balaban J connectivity index is 1.94. The van der Waals surface area contributed by atoms with Crippen LogP contribution in [0.2, 0.25) is 0 Å². The van der Waals surface area contributed by atoms with Gasteiger partial charge in [-0.3, -0.25) is 24.6 Å². The van der Waals surface area contributed by atoms with Crippen LogP contribution in [0.15, 0.2) is 53.7 Å². The molecule has 1 unspecified atom stereocenters. The number of allylic oxidation sites excluding steroid dienone is 2. The van der Waals surface area contributed by atoms with Crippen molar-refractivity contribution >= 4 is 23.1 Å². The van der Waals surface area contributed by atoms with Gasteiger partial charge in [-0.1, -0.05) is 26.0 Å². The summed E-state index contributed by atoms with van der Waals surface area (Å²) in [5.41, 5.74) is -1.74. The van der Waals surface area contributed by atoms with Crippen molar-refractivity contribution in [1.82, 2.24) is 0 Å². The Hall–Kier alpha value is -3.69. The van der Waals surface area contributed by atoms with Gasteiger partial charge in [0, 0.05) is 36.1 Å². The predicted octanol–water partition coefficient (Wildman–Crippen LogP) is 5.48. The van der Waals surface area contributed by atoms with E-state index in [4.69, 9.17) is 0 Å². The number of anilines is 1. The van der Waals surface area contributed by atoms with Crippen LogP contribution in [0, 0.1) is 15.5 Å². The van der Waals surface area contributed by atoms with Crippen LogP contribution in [0.25, 0.3) is 0 Å². The summed E-state index contributed by atoms with van der Waals surface area (Å²) in [7, 11) is 0. The third kappa shape index (κ3) is 4.15. The molecular formula is C24H21F3N2O5. The zero-order chi connectivity index (χ0) is 25.0. The predicted molar refractivity (Wildman–Crippen MR) is 116 cm³/mol. The number of alkyl halides is 3. The molecule has 1 aliphatic heterocycles. The SMILES string of the molecule is CC1(C)CC(=O)C2=C(C1)N(c1ccc(C(F)(F)F)cc1[N+](=O)[O-])C(=O)CC2c1ccc(O)cc1. The number of carbonyl (C=O) groups is 2. The lowest BCUT2D eigenvalue weighted by Gasteiger charge is -2.42. The molecule has 0 aromatic heterocycles. The molecule has 34 heavy (non-hydrogen) atoms. The van der Waals surface area contributed by atoms with Crippen LogP contribution >= 0.6 is 0 Å². The molecule has 4 rings (SSSR count). The first-order valence-corrected chi connectivity index (χ1v) is 10.5. The van der Waals surface area contributed by atoms with Gasteiger partial charge in [0.25, 0.3) is 5.69 Å². The van der Waals surface area contributed by atoms with E-state index in [1.54, 1.807) is 12.1 Å². The van der Waals surface area contributed by atoms with Gasteiger partial charge >= 0.3 is 6.18 Å². The van der Waals surface area contributed by atoms with Gasteiger partial charge in [0.2, 0.25) is 5.91 Å². The molecule has 1 atom stereocenters. The first kappa shape index (κ1) is 23.5. The number of hydrogen-bond acceptors (Lipinski definition) is 5. The molecule has 1 heterocycles. The fraction of sp³-hybridized carbons (Fsp3) is 0.333. The van der Waals surface area contributed by atoms with Gasteiger partial charge in [-0.05, 0) is 41.7 Å². The van der Waals surface area contributed by atoms with Crippen LogP contribution in [0.4, 0.5) is 24.5 Å². The minimum atomic E-state index is -4.80. The zero-order valence-corrected chi connectivity index (χ0v) is 18.3. The number of aromatic hydroxyl groups is 1. The Morgan fingerprint density at radius 1 is 1.09 bits per heavy atom. The molecule has 1 amide bonds. The van der Waals surface area contributed by atoms with Crippen LogP contribution in [-0.2, 0) is 15.8 Å². The molecular weight excluding hydrogens is 453 g/mol. The number of phenols is 1. The number of nitrogens with zero attached hydrogens (tertiary/aromatic N) is 2. The number of benzene rings is 2. The van der Waals surface area contributed by atoms with E-state index in [0.717, 1.165) is 11.0 Å². The Morgan fingerprint density at radius 2 is 1.74 bits per heavy atom. The second kappa shape index (κ2) is 7.96. The van der Waals surface area contributed by atoms with Crippen molar-refractivity contribution in [3.05, 3.63) is 75.0 Å². The zero-order valence-electron chi connectivity index (χ0n) is 18.3. The van der Waals surface area contributed by atoms with E-state index in [9.17, 15) is 38.0 Å². The van der Waals surface area contributed by atoms with E-state index < -0.39 is 39.6 Å². The average molecular weight is 474 g/mol. The standard InChI is InChI=1S/C24H21F3N2O5/c1-23(2)11-19-22(20(31)12-23)16(13-3-6-15(30)7-4-13)10-21(32)28(19)17-8-5-14(24(25,26)27)9-18(17)29(33)34/h3-9,16,30H,10-12H2,1-2H3. The molecule has 1 aliphatic carbocycles. The van der Waals surface area contributed by atoms with E-state index in [2.05, 4.69) is 0 Å². The third-order valence-electron chi connectivity index (χ3n) is 6.18. The van der Waals surface area contributed by atoms with E-state index in [1.165, 1.54) is 12.1 Å². The molecule has 2 aromatic carbocycles. The number of halogens is 3. The number of ketones is 1. The minimum absolute atomic E-state index is 0.0122. The van der Waals surface area contributed by atoms with E-state index in [1.807, 2.05) is 13.8 Å². The summed E-state index contributed by atoms with van der Waals surface area (Å²) < 4.78 is 39.6. The fourth-order valence-electron chi connectivity index (χ4n) is 4.72. The summed E-state index contributed by atoms with van der Waals surface area (Å²) in [6.45, 7) is 3.64. The van der Waals surface area contributed by atoms with Crippen molar-refractivity contribution in [1.29, 1.82) is 0 Å². The maximum atomic E-state index is 13.4. The van der Waals surface area contributed by atoms with Crippen molar-refractivity contribution in [2.24, 2.45) is 5.41 Å². The summed E-state index contributed by atoms with van der Waals surface area (Å²) in [5.74, 6) is -1.41. The average Bonchev–Trinajstić information content (AvgIpc) is 2.71. The van der Waals surface area contributed by atoms with Crippen LogP contribution in [-0.4, -0.2) is 21.7 Å². The first-order valence-electron chi connectivity index (χ1n) is 10.5. The number of nitro benzene ring substituents is 1. The molecule has 2 aliphatic rings. The van der Waals surface area contributed by atoms with Gasteiger partial charge < -0.3 is 5.11 Å². The molecule has 0 spiro atoms. The molecule has 178 valence electrons. The number of rotatable bonds is 3. The molecule has 1 N–H and O–H groups in total. The van der Waals surface area contributed by atoms with Gasteiger partial charge in [-0.15, -0.1) is 0 Å². The van der Waals surface area contributed by atoms with Crippen molar-refractivity contribution in [2.75, 3.05) is 4.90 Å². The highest BCUT2D eigenvalue weighted by molar-refractivity contribution is 6.08. The molecule has 7 nitrogen and oxygen atoms in total. The summed E-state index contributed by atoms with van der Waals surface area (Å²) >= 11 is 0. The van der Waals surface area contributed by atoms with Crippen LogP contribution in [0.1, 0.15) is 50.2 Å². The summed E-state index contributed by atoms with van der Waals surface area (Å²) in [4.78, 5) is 38.4. The Kier molecular flexibility index (Phi) is 5.50. The topological polar surface area (TPSA) is 101 Å². The molecule has 10 heteroatoms. The van der Waals surface area contributed by atoms with Gasteiger partial charge in [-0.2, -0.15) is 13.2 Å². The molecule has 0 fully saturated rings. The number of Topliss-reactive ketones (excluding diaryl/α,β-unsaturated/α-hetero) is 1. The van der Waals surface area contributed by atoms with Crippen LogP contribution in [0.3, 0.4) is 0 Å². The smallest absolute Gasteiger partial charge is 0.416 e. The highest BCUT2D eigenvalue weighted by atomic mass is 19.4. The van der Waals surface area contributed by atoms with E-state index >= 15 is 0 Å². The maximum absolute atomic E-state index is 13.4. The molecule has 0 saturated heterocycles. The molecule has 2 aromatic rings. The fourth-order valence-corrected chi connectivity index (χ4v) is 4.72. The lowest BCUT2D eigenvalue weighted by molar-refractivity contribution is -0.384. The van der Waals surface area contributed by atoms with E-state index in [-0.39, 0.29) is 42.2 Å². The van der Waals surface area contributed by atoms with E-state index in [0.29, 0.717) is 23.3 Å². The van der Waals surface area contributed by atoms with Crippen molar-refractivity contribution in [3.8, 4) is 5.75 Å². The Bertz CT molecular complexity index is 1230. The minimum Gasteiger partial charge on any atom is -0.508 e. The molecule has 0 radical (unpaired) electrons. The normalized spacial score (nSPS) is 20.4. The second-order valence-electron chi connectivity index (χ2n) is 9.34. The number of nitro groups is 1. The summed E-state index contributed by atoms with van der Waals surface area (Å²) in [6.07, 6.45) is -4.58. The third-order valence-corrected chi connectivity index (χ3v) is 6.18. The first-order chi connectivity index (χ1) is 15.8. The summed E-state index contributed by atoms with van der Waals surface area (Å²) in [6, 6.07) is 8.08. The number of carbonyl (C=O) groups excluding carboxylic acids is 2. The van der Waals surface area contributed by atoms with Crippen LogP contribution < -0.4 is 4.90 Å². The van der Waals surface area contributed by atoms with Gasteiger partial charge in [0.1, 0.15) is 11.4 Å². The van der Waals surface area contributed by atoms with Crippen molar-refractivity contribution in [2.45, 2.75) is 45.2 Å². The van der Waals surface area contributed by atoms with Crippen molar-refractivity contribution < 1.29 is 32.8 Å². The largest absolute Gasteiger partial charge is 0.508 e. The Labute approximate surface area is 192 Å². The number of phenolic OH excluding ortho intramolecular Hbond substituents is 1. The molecule has 0 saturated carbocycles. The highest BCUT2D eigenvalue weighted by Crippen LogP contribution is 2.50. The Morgan fingerprint density at radius 3 is 2.32 bits per heavy atom. The quantitative estimate of drug-likeness (QED) is 0.469. The monoisotopic (exact) mass is 474 g/mol. The van der Waals surface area contributed by atoms with Crippen molar-refractivity contribution in [3.63, 3.8) is 0 Å². The van der Waals surface area contributed by atoms with Gasteiger partial charge in [0.15, 0.2) is 5.78 Å². The highest BCUT2D eigenvalue weighted by Gasteiger charge is 2.46. The molecule has 0 bridgehead atoms. The summed E-state index contributed by atoms with van der Waals surface area (Å²) in [5, 5.41) is 21.3. The van der Waals surface area contributed by atoms with Gasteiger partial charge in [-0.25, -0.2) is 0 Å². The second-order valence-corrected chi connectivity index (χ2v) is 9.34.